The van der Waals surface area contributed by atoms with Gasteiger partial charge in [0, 0.05) is 6.42 Å². The number of hydrogen-bond acceptors (Lipinski definition) is 1. The minimum absolute atomic E-state index is 0.348. The van der Waals surface area contributed by atoms with E-state index in [1.807, 2.05) is 24.3 Å². The Labute approximate surface area is 60.3 Å². The number of carbonyl (C=O) groups is 1. The minimum Gasteiger partial charge on any atom is -0.311 e. The fourth-order valence-electron chi connectivity index (χ4n) is 1.39. The van der Waals surface area contributed by atoms with Crippen LogP contribution in [0.15, 0.2) is 24.3 Å². The average Bonchev–Trinajstić information content (AvgIpc) is 2.27. The Bertz CT molecular complexity index is 253. The highest BCUT2D eigenvalue weighted by molar-refractivity contribution is 6.86. The van der Waals surface area contributed by atoms with Crippen molar-refractivity contribution in [2.45, 2.75) is 6.42 Å². The van der Waals surface area contributed by atoms with Gasteiger partial charge in [0.15, 0.2) is 0 Å². The Hall–Kier alpha value is -1.05. The first-order chi connectivity index (χ1) is 4.86. The molecule has 48 valence electrons. The monoisotopic (exact) mass is 130 g/mol. The van der Waals surface area contributed by atoms with Crippen molar-refractivity contribution in [1.29, 1.82) is 0 Å². The van der Waals surface area contributed by atoms with Crippen LogP contribution < -0.4 is 5.46 Å². The number of carbonyl (C=O) groups excluding carboxylic acids is 1. The summed E-state index contributed by atoms with van der Waals surface area (Å²) in [4.78, 5) is 10.9. The number of hydrogen-bond donors (Lipinski definition) is 0. The molecule has 2 heteroatoms. The Kier molecular flexibility index (Phi) is 1.13. The summed E-state index contributed by atoms with van der Waals surface area (Å²) in [7, 11) is 0.649. The Morgan fingerprint density at radius 3 is 2.90 bits per heavy atom. The third-order valence-electron chi connectivity index (χ3n) is 1.89. The van der Waals surface area contributed by atoms with E-state index in [4.69, 9.17) is 0 Å². The molecule has 2 rings (SSSR count). The fourth-order valence-corrected chi connectivity index (χ4v) is 1.39. The lowest BCUT2D eigenvalue weighted by atomic mass is 9.71. The van der Waals surface area contributed by atoms with E-state index in [1.54, 1.807) is 0 Å². The predicted molar refractivity (Wildman–Crippen MR) is 41.9 cm³/mol. The van der Waals surface area contributed by atoms with E-state index in [2.05, 4.69) is 0 Å². The third kappa shape index (κ3) is 0.765. The van der Waals surface area contributed by atoms with Crippen molar-refractivity contribution in [1.82, 2.24) is 0 Å². The molecule has 0 saturated heterocycles. The normalized spacial score (nSPS) is 14.6. The molecule has 0 aromatic heterocycles. The maximum absolute atomic E-state index is 10.9. The molecule has 0 atom stereocenters. The van der Waals surface area contributed by atoms with Crippen molar-refractivity contribution in [3.05, 3.63) is 29.8 Å². The molecule has 1 aromatic carbocycles. The molecule has 10 heavy (non-hydrogen) atoms. The van der Waals surface area contributed by atoms with Crippen LogP contribution in [0, 0.1) is 0 Å². The van der Waals surface area contributed by atoms with E-state index < -0.39 is 0 Å². The van der Waals surface area contributed by atoms with Crippen LogP contribution in [0.5, 0.6) is 0 Å². The summed E-state index contributed by atoms with van der Waals surface area (Å²) in [6.07, 6.45) is 0.649. The second kappa shape index (κ2) is 1.98. The first-order valence-electron chi connectivity index (χ1n) is 3.45. The van der Waals surface area contributed by atoms with Crippen molar-refractivity contribution in [2.75, 3.05) is 0 Å². The second-order valence-corrected chi connectivity index (χ2v) is 2.66. The average molecular weight is 130 g/mol. The molecule has 0 saturated carbocycles. The molecule has 1 aliphatic heterocycles. The lowest BCUT2D eigenvalue weighted by molar-refractivity contribution is -0.111. The molecule has 1 aliphatic rings. The molecule has 0 radical (unpaired) electrons. The zero-order valence-electron chi connectivity index (χ0n) is 5.63. The highest BCUT2D eigenvalue weighted by Crippen LogP contribution is 2.03. The molecule has 0 fully saturated rings. The second-order valence-electron chi connectivity index (χ2n) is 2.66. The quantitative estimate of drug-likeness (QED) is 0.445. The van der Waals surface area contributed by atoms with E-state index in [9.17, 15) is 4.79 Å². The summed E-state index contributed by atoms with van der Waals surface area (Å²) in [5, 5.41) is 0. The molecule has 0 unspecified atom stereocenters. The molecule has 0 N–H and O–H groups in total. The summed E-state index contributed by atoms with van der Waals surface area (Å²) in [5.41, 5.74) is 2.78. The summed E-state index contributed by atoms with van der Waals surface area (Å²) >= 11 is 0. The molecule has 0 amide bonds. The standard InChI is InChI=1S/C8H7BO/c10-8-5-6-3-1-2-4-7(6)9-8/h1-4,9H,5H2. The van der Waals surface area contributed by atoms with Crippen molar-refractivity contribution >= 4 is 18.4 Å². The van der Waals surface area contributed by atoms with Gasteiger partial charge < -0.3 is 4.79 Å². The van der Waals surface area contributed by atoms with Gasteiger partial charge in [0.2, 0.25) is 7.28 Å². The van der Waals surface area contributed by atoms with Crippen molar-refractivity contribution in [3.8, 4) is 0 Å². The van der Waals surface area contributed by atoms with Gasteiger partial charge in [-0.05, 0) is 5.56 Å². The van der Waals surface area contributed by atoms with Crippen molar-refractivity contribution in [2.24, 2.45) is 0 Å². The molecular formula is C8H7BO. The van der Waals surface area contributed by atoms with Gasteiger partial charge in [0.25, 0.3) is 0 Å². The summed E-state index contributed by atoms with van der Waals surface area (Å²) in [5.74, 6) is 0. The SMILES string of the molecule is O=C1Bc2ccccc2C1. The highest BCUT2D eigenvalue weighted by Gasteiger charge is 2.18. The van der Waals surface area contributed by atoms with Gasteiger partial charge in [0.1, 0.15) is 0 Å². The topological polar surface area (TPSA) is 17.1 Å². The van der Waals surface area contributed by atoms with Crippen molar-refractivity contribution in [3.63, 3.8) is 0 Å². The molecular weight excluding hydrogens is 123 g/mol. The Morgan fingerprint density at radius 1 is 1.30 bits per heavy atom. The first kappa shape index (κ1) is 5.72. The minimum atomic E-state index is 0.348. The van der Waals surface area contributed by atoms with Crippen LogP contribution in [0.4, 0.5) is 0 Å². The van der Waals surface area contributed by atoms with E-state index in [1.165, 1.54) is 11.0 Å². The highest BCUT2D eigenvalue weighted by atomic mass is 16.1. The van der Waals surface area contributed by atoms with Crippen LogP contribution in [0.1, 0.15) is 5.56 Å². The molecule has 0 bridgehead atoms. The van der Waals surface area contributed by atoms with Gasteiger partial charge in [0.05, 0.1) is 5.68 Å². The maximum atomic E-state index is 10.9. The predicted octanol–water partition coefficient (Wildman–Crippen LogP) is -0.169. The number of rotatable bonds is 0. The summed E-state index contributed by atoms with van der Waals surface area (Å²) < 4.78 is 0. The van der Waals surface area contributed by atoms with Gasteiger partial charge in [-0.25, -0.2) is 0 Å². The Balaban J connectivity index is 2.51. The maximum Gasteiger partial charge on any atom is 0.239 e. The van der Waals surface area contributed by atoms with E-state index in [0.717, 1.165) is 0 Å². The number of benzene rings is 1. The lowest BCUT2D eigenvalue weighted by Gasteiger charge is -1.92. The van der Waals surface area contributed by atoms with Crippen LogP contribution in [0.3, 0.4) is 0 Å². The molecule has 0 aliphatic carbocycles. The van der Waals surface area contributed by atoms with Crippen molar-refractivity contribution < 1.29 is 4.79 Å². The van der Waals surface area contributed by atoms with Crippen LogP contribution in [-0.2, 0) is 11.2 Å². The summed E-state index contributed by atoms with van der Waals surface area (Å²) in [6, 6.07) is 8.02. The first-order valence-corrected chi connectivity index (χ1v) is 3.45. The lowest BCUT2D eigenvalue weighted by Crippen LogP contribution is -2.14. The van der Waals surface area contributed by atoms with Gasteiger partial charge >= 0.3 is 0 Å². The van der Waals surface area contributed by atoms with Gasteiger partial charge in [-0.3, -0.25) is 0 Å². The van der Waals surface area contributed by atoms with Crippen LogP contribution in [0.25, 0.3) is 0 Å². The van der Waals surface area contributed by atoms with Crippen LogP contribution in [-0.4, -0.2) is 13.0 Å². The van der Waals surface area contributed by atoms with Gasteiger partial charge in [-0.15, -0.1) is 0 Å². The zero-order valence-corrected chi connectivity index (χ0v) is 5.63. The molecule has 1 aromatic rings. The van der Waals surface area contributed by atoms with Crippen LogP contribution >= 0.6 is 0 Å². The fraction of sp³-hybridized carbons (Fsp3) is 0.125. The molecule has 1 heterocycles. The van der Waals surface area contributed by atoms with E-state index >= 15 is 0 Å². The molecule has 0 spiro atoms. The molecule has 1 nitrogen and oxygen atoms in total. The van der Waals surface area contributed by atoms with Gasteiger partial charge in [-0.1, -0.05) is 29.7 Å². The smallest absolute Gasteiger partial charge is 0.239 e. The van der Waals surface area contributed by atoms with Gasteiger partial charge in [-0.2, -0.15) is 0 Å². The van der Waals surface area contributed by atoms with Crippen LogP contribution in [0.2, 0.25) is 0 Å². The third-order valence-corrected chi connectivity index (χ3v) is 1.89. The Morgan fingerprint density at radius 2 is 2.10 bits per heavy atom. The zero-order chi connectivity index (χ0) is 6.97. The summed E-state index contributed by atoms with van der Waals surface area (Å²) in [6.45, 7) is 0. The van der Waals surface area contributed by atoms with E-state index in [-0.39, 0.29) is 0 Å². The largest absolute Gasteiger partial charge is 0.311 e. The number of fused-ring (bicyclic) bond motifs is 1. The van der Waals surface area contributed by atoms with E-state index in [0.29, 0.717) is 19.4 Å².